The molecule has 19 heavy (non-hydrogen) atoms. The van der Waals surface area contributed by atoms with E-state index in [9.17, 15) is 0 Å². The molecule has 2 rings (SSSR count). The summed E-state index contributed by atoms with van der Waals surface area (Å²) in [5.74, 6) is 1.08. The van der Waals surface area contributed by atoms with E-state index in [4.69, 9.17) is 4.98 Å². The van der Waals surface area contributed by atoms with Gasteiger partial charge in [0.05, 0.1) is 5.69 Å². The molecule has 1 heterocycles. The van der Waals surface area contributed by atoms with Gasteiger partial charge >= 0.3 is 0 Å². The standard InChI is InChI=1S/C16H23N3/c1-5-12(2)19(4)16-15-9-7-6-8-13(15)10-14(18-16)11-17-3/h6-10,12,17H,5,11H2,1-4H3. The van der Waals surface area contributed by atoms with Crippen LogP contribution in [0.25, 0.3) is 10.8 Å². The monoisotopic (exact) mass is 257 g/mol. The predicted octanol–water partition coefficient (Wildman–Crippen LogP) is 3.19. The molecule has 0 aliphatic carbocycles. The minimum Gasteiger partial charge on any atom is -0.356 e. The van der Waals surface area contributed by atoms with Gasteiger partial charge in [-0.25, -0.2) is 4.98 Å². The van der Waals surface area contributed by atoms with Gasteiger partial charge in [-0.1, -0.05) is 31.2 Å². The van der Waals surface area contributed by atoms with Crippen LogP contribution >= 0.6 is 0 Å². The minimum absolute atomic E-state index is 0.487. The highest BCUT2D eigenvalue weighted by molar-refractivity contribution is 5.92. The first-order valence-corrected chi connectivity index (χ1v) is 6.93. The second-order valence-corrected chi connectivity index (χ2v) is 5.06. The highest BCUT2D eigenvalue weighted by Crippen LogP contribution is 2.26. The minimum atomic E-state index is 0.487. The summed E-state index contributed by atoms with van der Waals surface area (Å²) >= 11 is 0. The number of aromatic nitrogens is 1. The molecule has 1 N–H and O–H groups in total. The van der Waals surface area contributed by atoms with E-state index in [0.29, 0.717) is 6.04 Å². The second kappa shape index (κ2) is 6.02. The molecular formula is C16H23N3. The first-order valence-electron chi connectivity index (χ1n) is 6.93. The van der Waals surface area contributed by atoms with Crippen molar-refractivity contribution in [1.29, 1.82) is 0 Å². The van der Waals surface area contributed by atoms with E-state index in [1.54, 1.807) is 0 Å². The zero-order chi connectivity index (χ0) is 13.8. The van der Waals surface area contributed by atoms with E-state index in [1.807, 2.05) is 7.05 Å². The van der Waals surface area contributed by atoms with Gasteiger partial charge in [-0.15, -0.1) is 0 Å². The van der Waals surface area contributed by atoms with E-state index in [-0.39, 0.29) is 0 Å². The van der Waals surface area contributed by atoms with Crippen LogP contribution in [0.3, 0.4) is 0 Å². The van der Waals surface area contributed by atoms with Crippen LogP contribution in [0.15, 0.2) is 30.3 Å². The smallest absolute Gasteiger partial charge is 0.136 e. The normalized spacial score (nSPS) is 12.6. The number of fused-ring (bicyclic) bond motifs is 1. The molecule has 0 saturated carbocycles. The summed E-state index contributed by atoms with van der Waals surface area (Å²) in [6.07, 6.45) is 1.11. The molecule has 0 bridgehead atoms. The van der Waals surface area contributed by atoms with Crippen LogP contribution < -0.4 is 10.2 Å². The fraction of sp³-hybridized carbons (Fsp3) is 0.438. The summed E-state index contributed by atoms with van der Waals surface area (Å²) in [4.78, 5) is 7.10. The number of pyridine rings is 1. The Morgan fingerprint density at radius 1 is 1.32 bits per heavy atom. The van der Waals surface area contributed by atoms with Crippen molar-refractivity contribution < 1.29 is 0 Å². The highest BCUT2D eigenvalue weighted by atomic mass is 15.2. The van der Waals surface area contributed by atoms with Gasteiger partial charge in [-0.3, -0.25) is 0 Å². The molecule has 0 saturated heterocycles. The lowest BCUT2D eigenvalue weighted by atomic mass is 10.1. The van der Waals surface area contributed by atoms with E-state index in [1.165, 1.54) is 10.8 Å². The predicted molar refractivity (Wildman–Crippen MR) is 82.7 cm³/mol. The van der Waals surface area contributed by atoms with Crippen molar-refractivity contribution in [3.63, 3.8) is 0 Å². The van der Waals surface area contributed by atoms with Crippen LogP contribution in [-0.2, 0) is 6.54 Å². The lowest BCUT2D eigenvalue weighted by Gasteiger charge is -2.26. The Morgan fingerprint density at radius 3 is 2.74 bits per heavy atom. The maximum absolute atomic E-state index is 4.82. The maximum atomic E-state index is 4.82. The van der Waals surface area contributed by atoms with Crippen molar-refractivity contribution in [1.82, 2.24) is 10.3 Å². The fourth-order valence-corrected chi connectivity index (χ4v) is 2.26. The van der Waals surface area contributed by atoms with Gasteiger partial charge < -0.3 is 10.2 Å². The molecule has 0 amide bonds. The number of anilines is 1. The number of nitrogens with one attached hydrogen (secondary N) is 1. The van der Waals surface area contributed by atoms with Crippen molar-refractivity contribution in [2.45, 2.75) is 32.9 Å². The molecule has 2 aromatic rings. The highest BCUT2D eigenvalue weighted by Gasteiger charge is 2.13. The number of rotatable bonds is 5. The summed E-state index contributed by atoms with van der Waals surface area (Å²) < 4.78 is 0. The van der Waals surface area contributed by atoms with Gasteiger partial charge in [0, 0.05) is 25.0 Å². The third-order valence-corrected chi connectivity index (χ3v) is 3.72. The van der Waals surface area contributed by atoms with Gasteiger partial charge in [-0.2, -0.15) is 0 Å². The third kappa shape index (κ3) is 2.87. The molecule has 102 valence electrons. The molecule has 0 spiro atoms. The number of nitrogens with zero attached hydrogens (tertiary/aromatic N) is 2. The quantitative estimate of drug-likeness (QED) is 0.891. The third-order valence-electron chi connectivity index (χ3n) is 3.72. The van der Waals surface area contributed by atoms with Gasteiger partial charge in [0.15, 0.2) is 0 Å². The number of hydrogen-bond donors (Lipinski definition) is 1. The van der Waals surface area contributed by atoms with Crippen LogP contribution in [0.2, 0.25) is 0 Å². The van der Waals surface area contributed by atoms with Crippen LogP contribution in [0, 0.1) is 0 Å². The lowest BCUT2D eigenvalue weighted by molar-refractivity contribution is 0.656. The molecule has 0 aliphatic rings. The Balaban J connectivity index is 2.55. The summed E-state index contributed by atoms with van der Waals surface area (Å²) in [6, 6.07) is 11.1. The van der Waals surface area contributed by atoms with E-state index >= 15 is 0 Å². The summed E-state index contributed by atoms with van der Waals surface area (Å²) in [5, 5.41) is 5.66. The van der Waals surface area contributed by atoms with Gasteiger partial charge in [0.2, 0.25) is 0 Å². The Morgan fingerprint density at radius 2 is 2.05 bits per heavy atom. The zero-order valence-electron chi connectivity index (χ0n) is 12.3. The number of hydrogen-bond acceptors (Lipinski definition) is 3. The Bertz CT molecular complexity index is 551. The molecule has 0 radical (unpaired) electrons. The largest absolute Gasteiger partial charge is 0.356 e. The maximum Gasteiger partial charge on any atom is 0.136 e. The average molecular weight is 257 g/mol. The molecule has 1 aromatic heterocycles. The zero-order valence-corrected chi connectivity index (χ0v) is 12.3. The summed E-state index contributed by atoms with van der Waals surface area (Å²) in [7, 11) is 4.08. The average Bonchev–Trinajstić information content (AvgIpc) is 2.45. The van der Waals surface area contributed by atoms with Crippen molar-refractivity contribution in [2.75, 3.05) is 19.0 Å². The summed E-state index contributed by atoms with van der Waals surface area (Å²) in [6.45, 7) is 5.24. The van der Waals surface area contributed by atoms with Crippen molar-refractivity contribution in [3.05, 3.63) is 36.0 Å². The Hall–Kier alpha value is -1.61. The van der Waals surface area contributed by atoms with Crippen LogP contribution in [0.5, 0.6) is 0 Å². The molecule has 1 atom stereocenters. The molecule has 1 unspecified atom stereocenters. The van der Waals surface area contributed by atoms with E-state index < -0.39 is 0 Å². The Kier molecular flexibility index (Phi) is 4.38. The lowest BCUT2D eigenvalue weighted by Crippen LogP contribution is -2.29. The first kappa shape index (κ1) is 13.8. The SMILES string of the molecule is CCC(C)N(C)c1nc(CNC)cc2ccccc12. The summed E-state index contributed by atoms with van der Waals surface area (Å²) in [5.41, 5.74) is 1.09. The first-order chi connectivity index (χ1) is 9.17. The molecule has 0 fully saturated rings. The van der Waals surface area contributed by atoms with Crippen LogP contribution in [0.4, 0.5) is 5.82 Å². The molecule has 1 aromatic carbocycles. The van der Waals surface area contributed by atoms with Gasteiger partial charge in [0.25, 0.3) is 0 Å². The second-order valence-electron chi connectivity index (χ2n) is 5.06. The number of benzene rings is 1. The fourth-order valence-electron chi connectivity index (χ4n) is 2.26. The molecule has 0 aliphatic heterocycles. The van der Waals surface area contributed by atoms with Crippen LogP contribution in [0.1, 0.15) is 26.0 Å². The van der Waals surface area contributed by atoms with Crippen LogP contribution in [-0.4, -0.2) is 25.1 Å². The van der Waals surface area contributed by atoms with Gasteiger partial charge in [-0.05, 0) is 31.8 Å². The van der Waals surface area contributed by atoms with E-state index in [2.05, 4.69) is 61.4 Å². The van der Waals surface area contributed by atoms with Gasteiger partial charge in [0.1, 0.15) is 5.82 Å². The van der Waals surface area contributed by atoms with Crippen molar-refractivity contribution >= 4 is 16.6 Å². The molecule has 3 heteroatoms. The topological polar surface area (TPSA) is 28.2 Å². The van der Waals surface area contributed by atoms with Crippen molar-refractivity contribution in [3.8, 4) is 0 Å². The molecular weight excluding hydrogens is 234 g/mol. The van der Waals surface area contributed by atoms with Crippen molar-refractivity contribution in [2.24, 2.45) is 0 Å². The Labute approximate surface area is 115 Å². The molecule has 3 nitrogen and oxygen atoms in total. The van der Waals surface area contributed by atoms with E-state index in [0.717, 1.165) is 24.5 Å².